The summed E-state index contributed by atoms with van der Waals surface area (Å²) in [5.41, 5.74) is 6.62. The molecular weight excluding hydrogens is 500 g/mol. The lowest BCUT2D eigenvalue weighted by molar-refractivity contribution is -0.216. The average Bonchev–Trinajstić information content (AvgIpc) is 3.51. The lowest BCUT2D eigenvalue weighted by atomic mass is 9.79. The molecule has 5 rings (SSSR count). The van der Waals surface area contributed by atoms with E-state index in [4.69, 9.17) is 26.8 Å². The van der Waals surface area contributed by atoms with Crippen LogP contribution >= 0.6 is 11.6 Å². The zero-order valence-electron chi connectivity index (χ0n) is 19.3. The summed E-state index contributed by atoms with van der Waals surface area (Å²) in [4.78, 5) is 0. The Morgan fingerprint density at radius 2 is 1.94 bits per heavy atom. The summed E-state index contributed by atoms with van der Waals surface area (Å²) in [6, 6.07) is 1.83. The van der Waals surface area contributed by atoms with E-state index in [1.807, 2.05) is 6.20 Å². The van der Waals surface area contributed by atoms with E-state index < -0.39 is 48.7 Å². The third kappa shape index (κ3) is 4.51. The Balaban J connectivity index is 1.41. The highest BCUT2D eigenvalue weighted by molar-refractivity contribution is 6.30. The van der Waals surface area contributed by atoms with Gasteiger partial charge in [0.25, 0.3) is 0 Å². The number of hydrogen-bond acceptors (Lipinski definition) is 9. The van der Waals surface area contributed by atoms with E-state index in [1.54, 1.807) is 4.68 Å². The molecule has 3 heterocycles. The highest BCUT2D eigenvalue weighted by Crippen LogP contribution is 2.36. The summed E-state index contributed by atoms with van der Waals surface area (Å²) in [6.45, 7) is -0.242. The van der Waals surface area contributed by atoms with Gasteiger partial charge in [-0.15, -0.1) is 10.2 Å². The van der Waals surface area contributed by atoms with E-state index in [-0.39, 0.29) is 34.8 Å². The lowest BCUT2D eigenvalue weighted by Crippen LogP contribution is -2.57. The molecule has 2 aliphatic rings. The first-order valence-corrected chi connectivity index (χ1v) is 11.9. The number of hydrogen-bond donors (Lipinski definition) is 3. The van der Waals surface area contributed by atoms with Gasteiger partial charge in [-0.2, -0.15) is 0 Å². The standard InChI is InChI=1S/C22H26ClF2N7O4/c1-35-22-16(8-31-6-14(27-29-31)10-4-11(26)5-10)36-17(9-33)21(34)20(22)32-7-15(28-30-32)12-2-3-13(23)19(25)18(12)24/h2-3,6-7,10-11,16-17,20-22,33-34H,4-5,8-9,26H2,1H3/t10?,11?,16-,17-,20+,21+,22+/m1/s1. The number of benzene rings is 1. The minimum absolute atomic E-state index is 0.0355. The smallest absolute Gasteiger partial charge is 0.178 e. The summed E-state index contributed by atoms with van der Waals surface area (Å²) >= 11 is 5.65. The van der Waals surface area contributed by atoms with Crippen LogP contribution in [0.5, 0.6) is 0 Å². The minimum atomic E-state index is -1.24. The second-order valence-corrected chi connectivity index (χ2v) is 9.58. The number of rotatable bonds is 7. The number of aliphatic hydroxyl groups is 2. The normalized spacial score (nSPS) is 30.4. The van der Waals surface area contributed by atoms with E-state index in [9.17, 15) is 19.0 Å². The maximum absolute atomic E-state index is 14.5. The van der Waals surface area contributed by atoms with Crippen LogP contribution in [0.3, 0.4) is 0 Å². The Labute approximate surface area is 209 Å². The fraction of sp³-hybridized carbons (Fsp3) is 0.545. The predicted octanol–water partition coefficient (Wildman–Crippen LogP) is 1.05. The molecule has 0 spiro atoms. The van der Waals surface area contributed by atoms with Gasteiger partial charge in [0.2, 0.25) is 0 Å². The number of aromatic nitrogens is 6. The molecule has 0 amide bonds. The molecule has 0 unspecified atom stereocenters. The Hall–Kier alpha value is -2.55. The Morgan fingerprint density at radius 3 is 2.64 bits per heavy atom. The van der Waals surface area contributed by atoms with E-state index >= 15 is 0 Å². The minimum Gasteiger partial charge on any atom is -0.394 e. The maximum Gasteiger partial charge on any atom is 0.178 e. The summed E-state index contributed by atoms with van der Waals surface area (Å²) in [7, 11) is 1.45. The van der Waals surface area contributed by atoms with Crippen molar-refractivity contribution < 1.29 is 28.5 Å². The predicted molar refractivity (Wildman–Crippen MR) is 122 cm³/mol. The molecule has 1 aromatic carbocycles. The van der Waals surface area contributed by atoms with Crippen LogP contribution in [-0.4, -0.2) is 84.4 Å². The summed E-state index contributed by atoms with van der Waals surface area (Å²) in [5, 5.41) is 36.9. The van der Waals surface area contributed by atoms with Crippen molar-refractivity contribution in [2.45, 2.75) is 61.8 Å². The Morgan fingerprint density at radius 1 is 1.17 bits per heavy atom. The van der Waals surface area contributed by atoms with Crippen molar-refractivity contribution in [3.05, 3.63) is 46.9 Å². The highest BCUT2D eigenvalue weighted by Gasteiger charge is 2.47. The maximum atomic E-state index is 14.5. The van der Waals surface area contributed by atoms with Crippen molar-refractivity contribution in [2.75, 3.05) is 13.7 Å². The zero-order chi connectivity index (χ0) is 25.6. The van der Waals surface area contributed by atoms with Crippen molar-refractivity contribution in [1.82, 2.24) is 30.0 Å². The summed E-state index contributed by atoms with van der Waals surface area (Å²) in [6.07, 6.45) is 1.30. The van der Waals surface area contributed by atoms with Crippen LogP contribution in [0, 0.1) is 11.6 Å². The molecule has 1 saturated heterocycles. The van der Waals surface area contributed by atoms with Gasteiger partial charge in [-0.05, 0) is 25.0 Å². The summed E-state index contributed by atoms with van der Waals surface area (Å²) < 4.78 is 43.0. The molecule has 11 nitrogen and oxygen atoms in total. The van der Waals surface area contributed by atoms with Gasteiger partial charge in [-0.3, -0.25) is 0 Å². The van der Waals surface area contributed by atoms with Gasteiger partial charge in [0.15, 0.2) is 11.6 Å². The Bertz CT molecular complexity index is 1220. The molecule has 0 radical (unpaired) electrons. The topological polar surface area (TPSA) is 146 Å². The quantitative estimate of drug-likeness (QED) is 0.385. The van der Waals surface area contributed by atoms with Crippen LogP contribution in [0.15, 0.2) is 24.5 Å². The first kappa shape index (κ1) is 25.1. The van der Waals surface area contributed by atoms with Crippen LogP contribution in [0.4, 0.5) is 8.78 Å². The third-order valence-electron chi connectivity index (χ3n) is 6.88. The van der Waals surface area contributed by atoms with Crippen molar-refractivity contribution in [3.63, 3.8) is 0 Å². The second-order valence-electron chi connectivity index (χ2n) is 9.18. The monoisotopic (exact) mass is 525 g/mol. The second kappa shape index (κ2) is 10.1. The molecule has 1 aliphatic carbocycles. The average molecular weight is 526 g/mol. The summed E-state index contributed by atoms with van der Waals surface area (Å²) in [5.74, 6) is -2.09. The number of methoxy groups -OCH3 is 1. The molecule has 0 bridgehead atoms. The third-order valence-corrected chi connectivity index (χ3v) is 7.17. The number of ether oxygens (including phenoxy) is 2. The van der Waals surface area contributed by atoms with E-state index in [0.717, 1.165) is 18.5 Å². The number of nitrogens with zero attached hydrogens (tertiary/aromatic N) is 6. The molecule has 1 aliphatic heterocycles. The molecule has 4 N–H and O–H groups in total. The molecule has 194 valence electrons. The van der Waals surface area contributed by atoms with Gasteiger partial charge in [-0.1, -0.05) is 22.0 Å². The number of nitrogens with two attached hydrogens (primary N) is 1. The van der Waals surface area contributed by atoms with Crippen molar-refractivity contribution >= 4 is 11.6 Å². The molecule has 36 heavy (non-hydrogen) atoms. The van der Waals surface area contributed by atoms with Gasteiger partial charge in [0, 0.05) is 30.8 Å². The first-order valence-electron chi connectivity index (χ1n) is 11.5. The van der Waals surface area contributed by atoms with Crippen LogP contribution in [0.25, 0.3) is 11.3 Å². The number of aliphatic hydroxyl groups excluding tert-OH is 2. The van der Waals surface area contributed by atoms with Gasteiger partial charge < -0.3 is 25.4 Å². The molecule has 2 aromatic heterocycles. The molecule has 2 fully saturated rings. The van der Waals surface area contributed by atoms with Crippen LogP contribution in [-0.2, 0) is 16.0 Å². The van der Waals surface area contributed by atoms with Crippen LogP contribution < -0.4 is 5.73 Å². The fourth-order valence-corrected chi connectivity index (χ4v) is 5.01. The van der Waals surface area contributed by atoms with Crippen molar-refractivity contribution in [1.29, 1.82) is 0 Å². The fourth-order valence-electron chi connectivity index (χ4n) is 4.86. The molecule has 1 saturated carbocycles. The van der Waals surface area contributed by atoms with E-state index in [1.165, 1.54) is 30.1 Å². The molecular formula is C22H26ClF2N7O4. The highest BCUT2D eigenvalue weighted by atomic mass is 35.5. The largest absolute Gasteiger partial charge is 0.394 e. The number of halogens is 3. The lowest BCUT2D eigenvalue weighted by Gasteiger charge is -2.43. The molecule has 3 aromatic rings. The van der Waals surface area contributed by atoms with Crippen LogP contribution in [0.1, 0.15) is 30.5 Å². The van der Waals surface area contributed by atoms with Gasteiger partial charge in [0.05, 0.1) is 30.1 Å². The Kier molecular flexibility index (Phi) is 7.03. The SMILES string of the molecule is CO[C@@H]1[C@@H](n2cc(-c3ccc(Cl)c(F)c3F)nn2)[C@@H](O)[C@@H](CO)O[C@@H]1Cn1cc(C2CC(N)C2)nn1. The van der Waals surface area contributed by atoms with Gasteiger partial charge in [0.1, 0.15) is 36.2 Å². The van der Waals surface area contributed by atoms with Crippen molar-refractivity contribution in [2.24, 2.45) is 5.73 Å². The van der Waals surface area contributed by atoms with Crippen LogP contribution in [0.2, 0.25) is 5.02 Å². The van der Waals surface area contributed by atoms with Crippen molar-refractivity contribution in [3.8, 4) is 11.3 Å². The zero-order valence-corrected chi connectivity index (χ0v) is 20.0. The molecule has 14 heteroatoms. The van der Waals surface area contributed by atoms with Gasteiger partial charge in [-0.25, -0.2) is 18.1 Å². The first-order chi connectivity index (χ1) is 17.3. The molecule has 5 atom stereocenters. The van der Waals surface area contributed by atoms with E-state index in [2.05, 4.69) is 20.6 Å². The van der Waals surface area contributed by atoms with E-state index in [0.29, 0.717) is 0 Å². The van der Waals surface area contributed by atoms with Gasteiger partial charge >= 0.3 is 0 Å².